The largest absolute Gasteiger partial charge is 0.394 e. The van der Waals surface area contributed by atoms with E-state index in [1.54, 1.807) is 20.8 Å². The van der Waals surface area contributed by atoms with E-state index in [0.717, 1.165) is 0 Å². The predicted octanol–water partition coefficient (Wildman–Crippen LogP) is 1.78. The van der Waals surface area contributed by atoms with Crippen molar-refractivity contribution in [3.05, 3.63) is 27.8 Å². The van der Waals surface area contributed by atoms with Gasteiger partial charge in [0.15, 0.2) is 0 Å². The summed E-state index contributed by atoms with van der Waals surface area (Å²) < 4.78 is 4.84. The van der Waals surface area contributed by atoms with Crippen LogP contribution >= 0.6 is 0 Å². The van der Waals surface area contributed by atoms with E-state index in [4.69, 9.17) is 14.9 Å². The number of nitrogens with one attached hydrogen (secondary N) is 2. The molecule has 2 atom stereocenters. The van der Waals surface area contributed by atoms with E-state index in [-0.39, 0.29) is 36.5 Å². The molecule has 0 aliphatic carbocycles. The van der Waals surface area contributed by atoms with Gasteiger partial charge in [-0.25, -0.2) is 0 Å². The molecule has 11 nitrogen and oxygen atoms in total. The molecule has 0 radical (unpaired) electrons. The molecule has 0 aliphatic heterocycles. The molecule has 2 unspecified atom stereocenters. The Hall–Kier alpha value is -2.57. The molecule has 0 spiro atoms. The SMILES string of the molecule is CC.CC.CC.COCC(=O)Nc1c(C)c(C(=O)NCC(O)CO)c(C)c(C(=O)N(C)CC(O)CO)c1C. The summed E-state index contributed by atoms with van der Waals surface area (Å²) in [5.41, 5.74) is 1.74. The highest BCUT2D eigenvalue weighted by atomic mass is 16.5. The van der Waals surface area contributed by atoms with Crippen LogP contribution in [0.5, 0.6) is 0 Å². The van der Waals surface area contributed by atoms with Gasteiger partial charge < -0.3 is 40.7 Å². The lowest BCUT2D eigenvalue weighted by atomic mass is 9.89. The lowest BCUT2D eigenvalue weighted by Gasteiger charge is -2.26. The number of nitrogens with zero attached hydrogens (tertiary/aromatic N) is 1. The fourth-order valence-electron chi connectivity index (χ4n) is 3.39. The van der Waals surface area contributed by atoms with E-state index in [2.05, 4.69) is 10.6 Å². The van der Waals surface area contributed by atoms with E-state index in [0.29, 0.717) is 16.7 Å². The molecule has 0 heterocycles. The first-order valence-corrected chi connectivity index (χ1v) is 13.0. The topological polar surface area (TPSA) is 169 Å². The number of benzene rings is 1. The Morgan fingerprint density at radius 3 is 1.76 bits per heavy atom. The molecule has 1 aromatic rings. The summed E-state index contributed by atoms with van der Waals surface area (Å²) in [5, 5.41) is 42.5. The van der Waals surface area contributed by atoms with Crippen molar-refractivity contribution in [1.29, 1.82) is 0 Å². The van der Waals surface area contributed by atoms with Gasteiger partial charge in [0, 0.05) is 44.1 Å². The second kappa shape index (κ2) is 22.4. The van der Waals surface area contributed by atoms with Crippen LogP contribution in [0.2, 0.25) is 0 Å². The van der Waals surface area contributed by atoms with Gasteiger partial charge in [0.25, 0.3) is 11.8 Å². The number of ether oxygens (including phenoxy) is 1. The number of carbonyl (C=O) groups excluding carboxylic acids is 3. The molecule has 3 amide bonds. The van der Waals surface area contributed by atoms with Crippen LogP contribution in [0.25, 0.3) is 0 Å². The Kier molecular flexibility index (Phi) is 23.6. The van der Waals surface area contributed by atoms with Crippen LogP contribution in [0, 0.1) is 20.8 Å². The predicted molar refractivity (Wildman–Crippen MR) is 151 cm³/mol. The number of hydrogen-bond donors (Lipinski definition) is 6. The van der Waals surface area contributed by atoms with Gasteiger partial charge in [0.1, 0.15) is 6.61 Å². The minimum atomic E-state index is -1.15. The number of aliphatic hydroxyl groups excluding tert-OH is 4. The first kappa shape index (κ1) is 39.9. The lowest BCUT2D eigenvalue weighted by molar-refractivity contribution is -0.119. The standard InChI is InChI=1S/C21H33N3O8.3C2H6/c1-11-17(20(30)22-6-14(27)8-25)12(2)19(23-16(29)10-32-5)13(3)18(11)21(31)24(4)7-15(28)9-26;3*1-2/h14-15,25-28H,6-10H2,1-5H3,(H,22,30)(H,23,29);3*1-2H3. The van der Waals surface area contributed by atoms with Crippen LogP contribution in [0.3, 0.4) is 0 Å². The zero-order valence-corrected chi connectivity index (χ0v) is 25.1. The molecule has 222 valence electrons. The normalized spacial score (nSPS) is 11.2. The number of aliphatic hydroxyl groups is 4. The number of anilines is 1. The Bertz CT molecular complexity index is 846. The first-order chi connectivity index (χ1) is 18.0. The van der Waals surface area contributed by atoms with Gasteiger partial charge >= 0.3 is 0 Å². The molecule has 6 N–H and O–H groups in total. The highest BCUT2D eigenvalue weighted by Crippen LogP contribution is 2.32. The summed E-state index contributed by atoms with van der Waals surface area (Å²) in [6.07, 6.45) is -2.29. The second-order valence-electron chi connectivity index (χ2n) is 7.55. The van der Waals surface area contributed by atoms with Crippen molar-refractivity contribution in [2.24, 2.45) is 0 Å². The number of likely N-dealkylation sites (N-methyl/N-ethyl adjacent to an activating group) is 1. The molecule has 1 rings (SSSR count). The maximum Gasteiger partial charge on any atom is 0.254 e. The quantitative estimate of drug-likeness (QED) is 0.244. The molecule has 11 heteroatoms. The molecule has 0 saturated heterocycles. The highest BCUT2D eigenvalue weighted by Gasteiger charge is 2.28. The minimum Gasteiger partial charge on any atom is -0.394 e. The van der Waals surface area contributed by atoms with Gasteiger partial charge in [0.05, 0.1) is 25.4 Å². The van der Waals surface area contributed by atoms with Gasteiger partial charge in [-0.3, -0.25) is 14.4 Å². The van der Waals surface area contributed by atoms with E-state index in [1.165, 1.54) is 19.1 Å². The summed E-state index contributed by atoms with van der Waals surface area (Å²) in [7, 11) is 2.80. The molecular weight excluding hydrogens is 494 g/mol. The molecule has 0 fully saturated rings. The third-order valence-corrected chi connectivity index (χ3v) is 4.98. The number of methoxy groups -OCH3 is 1. The maximum absolute atomic E-state index is 13.2. The van der Waals surface area contributed by atoms with Crippen LogP contribution in [-0.4, -0.2) is 102 Å². The van der Waals surface area contributed by atoms with Crippen LogP contribution in [0.15, 0.2) is 0 Å². The van der Waals surface area contributed by atoms with Crippen molar-refractivity contribution in [3.63, 3.8) is 0 Å². The summed E-state index contributed by atoms with van der Waals surface area (Å²) in [5.74, 6) is -1.59. The van der Waals surface area contributed by atoms with Gasteiger partial charge in [-0.2, -0.15) is 0 Å². The molecule has 0 aromatic heterocycles. The molecule has 38 heavy (non-hydrogen) atoms. The number of rotatable bonds is 11. The monoisotopic (exact) mass is 545 g/mol. The van der Waals surface area contributed by atoms with Crippen molar-refractivity contribution in [1.82, 2.24) is 10.2 Å². The van der Waals surface area contributed by atoms with Crippen LogP contribution in [0.4, 0.5) is 5.69 Å². The third kappa shape index (κ3) is 12.3. The van der Waals surface area contributed by atoms with Crippen molar-refractivity contribution in [3.8, 4) is 0 Å². The molecule has 1 aromatic carbocycles. The van der Waals surface area contributed by atoms with E-state index in [9.17, 15) is 24.6 Å². The molecule has 0 aliphatic rings. The van der Waals surface area contributed by atoms with Gasteiger partial charge in [-0.15, -0.1) is 0 Å². The average Bonchev–Trinajstić information content (AvgIpc) is 2.92. The van der Waals surface area contributed by atoms with Gasteiger partial charge in [-0.05, 0) is 37.5 Å². The zero-order valence-electron chi connectivity index (χ0n) is 25.1. The first-order valence-electron chi connectivity index (χ1n) is 13.0. The summed E-state index contributed by atoms with van der Waals surface area (Å²) in [6.45, 7) is 15.2. The summed E-state index contributed by atoms with van der Waals surface area (Å²) in [4.78, 5) is 39.5. The molecule has 0 saturated carbocycles. The van der Waals surface area contributed by atoms with Crippen molar-refractivity contribution < 1.29 is 39.5 Å². The highest BCUT2D eigenvalue weighted by molar-refractivity contribution is 6.07. The van der Waals surface area contributed by atoms with Crippen molar-refractivity contribution in [2.45, 2.75) is 74.5 Å². The summed E-state index contributed by atoms with van der Waals surface area (Å²) >= 11 is 0. The van der Waals surface area contributed by atoms with Gasteiger partial charge in [-0.1, -0.05) is 41.5 Å². The lowest BCUT2D eigenvalue weighted by Crippen LogP contribution is -2.38. The second-order valence-corrected chi connectivity index (χ2v) is 7.55. The summed E-state index contributed by atoms with van der Waals surface area (Å²) in [6, 6.07) is 0. The van der Waals surface area contributed by atoms with Gasteiger partial charge in [0.2, 0.25) is 5.91 Å². The molecule has 0 bridgehead atoms. The fraction of sp³-hybridized carbons (Fsp3) is 0.667. The Labute approximate surface area is 228 Å². The van der Waals surface area contributed by atoms with E-state index in [1.807, 2.05) is 41.5 Å². The Morgan fingerprint density at radius 2 is 1.32 bits per heavy atom. The smallest absolute Gasteiger partial charge is 0.254 e. The number of hydrogen-bond acceptors (Lipinski definition) is 8. The molecular formula is C27H51N3O8. The van der Waals surface area contributed by atoms with Crippen molar-refractivity contribution >= 4 is 23.4 Å². The van der Waals surface area contributed by atoms with E-state index >= 15 is 0 Å². The minimum absolute atomic E-state index is 0.132. The van der Waals surface area contributed by atoms with Crippen LogP contribution < -0.4 is 10.6 Å². The Balaban J connectivity index is -0.00000190. The van der Waals surface area contributed by atoms with Crippen molar-refractivity contribution in [2.75, 3.05) is 52.4 Å². The van der Waals surface area contributed by atoms with Crippen LogP contribution in [0.1, 0.15) is 78.9 Å². The van der Waals surface area contributed by atoms with Crippen LogP contribution in [-0.2, 0) is 9.53 Å². The Morgan fingerprint density at radius 1 is 0.842 bits per heavy atom. The number of amides is 3. The third-order valence-electron chi connectivity index (χ3n) is 4.98. The average molecular weight is 546 g/mol. The fourth-order valence-corrected chi connectivity index (χ4v) is 3.39. The zero-order chi connectivity index (χ0) is 30.6. The maximum atomic E-state index is 13.2. The number of carbonyl (C=O) groups is 3. The van der Waals surface area contributed by atoms with E-state index < -0.39 is 43.1 Å².